The van der Waals surface area contributed by atoms with E-state index in [1.54, 1.807) is 0 Å². The van der Waals surface area contributed by atoms with Crippen LogP contribution in [0.4, 0.5) is 0 Å². The average molecular weight is 186 g/mol. The van der Waals surface area contributed by atoms with Gasteiger partial charge in [0.15, 0.2) is 0 Å². The lowest BCUT2D eigenvalue weighted by Gasteiger charge is -2.04. The van der Waals surface area contributed by atoms with Gasteiger partial charge in [-0.1, -0.05) is 24.1 Å². The summed E-state index contributed by atoms with van der Waals surface area (Å²) in [7, 11) is 0. The second kappa shape index (κ2) is 5.88. The standard InChI is InChI=1S/C13H14O/c1-3-5-7-12-8-6-9-13(11-12)14-10-4-2/h2-3,6,8-9,11H,1,5,7,10H2. The van der Waals surface area contributed by atoms with Crippen LogP contribution in [0.5, 0.6) is 5.75 Å². The van der Waals surface area contributed by atoms with E-state index in [0.717, 1.165) is 18.6 Å². The minimum atomic E-state index is 0.324. The molecule has 0 radical (unpaired) electrons. The van der Waals surface area contributed by atoms with Crippen molar-refractivity contribution in [3.05, 3.63) is 42.5 Å². The van der Waals surface area contributed by atoms with Crippen LogP contribution in [-0.4, -0.2) is 6.61 Å². The molecule has 1 rings (SSSR count). The Kier molecular flexibility index (Phi) is 4.37. The molecule has 72 valence electrons. The van der Waals surface area contributed by atoms with Crippen molar-refractivity contribution < 1.29 is 4.74 Å². The summed E-state index contributed by atoms with van der Waals surface area (Å²) < 4.78 is 5.31. The Hall–Kier alpha value is -1.68. The van der Waals surface area contributed by atoms with E-state index in [1.165, 1.54) is 5.56 Å². The average Bonchev–Trinajstić information content (AvgIpc) is 2.24. The summed E-state index contributed by atoms with van der Waals surface area (Å²) in [4.78, 5) is 0. The first kappa shape index (κ1) is 10.4. The lowest BCUT2D eigenvalue weighted by atomic mass is 10.1. The number of aryl methyl sites for hydroxylation is 1. The molecule has 1 aromatic rings. The quantitative estimate of drug-likeness (QED) is 0.507. The van der Waals surface area contributed by atoms with E-state index in [9.17, 15) is 0 Å². The molecule has 14 heavy (non-hydrogen) atoms. The highest BCUT2D eigenvalue weighted by atomic mass is 16.5. The van der Waals surface area contributed by atoms with Gasteiger partial charge >= 0.3 is 0 Å². The van der Waals surface area contributed by atoms with Crippen LogP contribution in [0, 0.1) is 12.3 Å². The first-order chi connectivity index (χ1) is 6.86. The number of hydrogen-bond acceptors (Lipinski definition) is 1. The summed E-state index contributed by atoms with van der Waals surface area (Å²) in [5.74, 6) is 3.28. The van der Waals surface area contributed by atoms with Gasteiger partial charge in [0.1, 0.15) is 12.4 Å². The van der Waals surface area contributed by atoms with E-state index in [2.05, 4.69) is 18.6 Å². The van der Waals surface area contributed by atoms with Crippen molar-refractivity contribution in [3.63, 3.8) is 0 Å². The van der Waals surface area contributed by atoms with Crippen LogP contribution in [0.1, 0.15) is 12.0 Å². The van der Waals surface area contributed by atoms with Crippen LogP contribution in [0.25, 0.3) is 0 Å². The Morgan fingerprint density at radius 1 is 1.50 bits per heavy atom. The van der Waals surface area contributed by atoms with E-state index in [1.807, 2.05) is 24.3 Å². The molecule has 0 atom stereocenters. The highest BCUT2D eigenvalue weighted by Crippen LogP contribution is 2.14. The van der Waals surface area contributed by atoms with Gasteiger partial charge in [-0.25, -0.2) is 0 Å². The third-order valence-electron chi connectivity index (χ3n) is 1.86. The van der Waals surface area contributed by atoms with Crippen molar-refractivity contribution in [3.8, 4) is 18.1 Å². The molecule has 0 saturated carbocycles. The van der Waals surface area contributed by atoms with Crippen LogP contribution in [0.15, 0.2) is 36.9 Å². The number of terminal acetylenes is 1. The molecule has 0 amide bonds. The Morgan fingerprint density at radius 3 is 3.07 bits per heavy atom. The molecule has 0 aliphatic rings. The van der Waals surface area contributed by atoms with Crippen molar-refractivity contribution in [2.24, 2.45) is 0 Å². The largest absolute Gasteiger partial charge is 0.481 e. The molecule has 0 aromatic heterocycles. The maximum Gasteiger partial charge on any atom is 0.148 e. The van der Waals surface area contributed by atoms with Gasteiger partial charge in [-0.15, -0.1) is 13.0 Å². The van der Waals surface area contributed by atoms with Crippen LogP contribution < -0.4 is 4.74 Å². The zero-order valence-corrected chi connectivity index (χ0v) is 8.20. The first-order valence-corrected chi connectivity index (χ1v) is 4.63. The monoisotopic (exact) mass is 186 g/mol. The van der Waals surface area contributed by atoms with E-state index >= 15 is 0 Å². The van der Waals surface area contributed by atoms with E-state index < -0.39 is 0 Å². The van der Waals surface area contributed by atoms with Gasteiger partial charge < -0.3 is 4.74 Å². The molecule has 0 saturated heterocycles. The Morgan fingerprint density at radius 2 is 2.36 bits per heavy atom. The van der Waals surface area contributed by atoms with Gasteiger partial charge in [0, 0.05) is 0 Å². The molecular formula is C13H14O. The summed E-state index contributed by atoms with van der Waals surface area (Å²) in [6.07, 6.45) is 9.00. The number of allylic oxidation sites excluding steroid dienone is 1. The third kappa shape index (κ3) is 3.37. The van der Waals surface area contributed by atoms with Gasteiger partial charge in [-0.05, 0) is 30.5 Å². The maximum absolute atomic E-state index is 5.31. The van der Waals surface area contributed by atoms with Crippen molar-refractivity contribution in [2.75, 3.05) is 6.61 Å². The maximum atomic E-state index is 5.31. The fourth-order valence-corrected chi connectivity index (χ4v) is 1.18. The van der Waals surface area contributed by atoms with Crippen molar-refractivity contribution in [1.82, 2.24) is 0 Å². The molecule has 0 spiro atoms. The number of ether oxygens (including phenoxy) is 1. The van der Waals surface area contributed by atoms with Crippen LogP contribution >= 0.6 is 0 Å². The van der Waals surface area contributed by atoms with Crippen molar-refractivity contribution in [2.45, 2.75) is 12.8 Å². The lowest BCUT2D eigenvalue weighted by molar-refractivity contribution is 0.370. The molecule has 1 nitrogen and oxygen atoms in total. The first-order valence-electron chi connectivity index (χ1n) is 4.63. The Bertz CT molecular complexity index is 333. The van der Waals surface area contributed by atoms with Gasteiger partial charge in [-0.2, -0.15) is 0 Å². The zero-order valence-electron chi connectivity index (χ0n) is 8.20. The summed E-state index contributed by atoms with van der Waals surface area (Å²) in [6, 6.07) is 7.98. The summed E-state index contributed by atoms with van der Waals surface area (Å²) >= 11 is 0. The van der Waals surface area contributed by atoms with Crippen molar-refractivity contribution >= 4 is 0 Å². The van der Waals surface area contributed by atoms with Gasteiger partial charge in [0.05, 0.1) is 0 Å². The Balaban J connectivity index is 2.59. The number of benzene rings is 1. The lowest BCUT2D eigenvalue weighted by Crippen LogP contribution is -1.94. The second-order valence-corrected chi connectivity index (χ2v) is 2.97. The second-order valence-electron chi connectivity index (χ2n) is 2.97. The number of rotatable bonds is 5. The normalized spacial score (nSPS) is 9.07. The van der Waals surface area contributed by atoms with E-state index in [4.69, 9.17) is 11.2 Å². The molecule has 0 heterocycles. The Labute approximate surface area is 85.4 Å². The van der Waals surface area contributed by atoms with Gasteiger partial charge in [-0.3, -0.25) is 0 Å². The molecule has 0 fully saturated rings. The highest BCUT2D eigenvalue weighted by molar-refractivity contribution is 5.29. The zero-order chi connectivity index (χ0) is 10.2. The molecule has 0 unspecified atom stereocenters. The smallest absolute Gasteiger partial charge is 0.148 e. The fraction of sp³-hybridized carbons (Fsp3) is 0.231. The van der Waals surface area contributed by atoms with Crippen molar-refractivity contribution in [1.29, 1.82) is 0 Å². The number of hydrogen-bond donors (Lipinski definition) is 0. The highest BCUT2D eigenvalue weighted by Gasteiger charge is 1.95. The molecule has 0 bridgehead atoms. The minimum Gasteiger partial charge on any atom is -0.481 e. The van der Waals surface area contributed by atoms with E-state index in [-0.39, 0.29) is 0 Å². The molecular weight excluding hydrogens is 172 g/mol. The molecule has 0 aliphatic carbocycles. The van der Waals surface area contributed by atoms with Crippen LogP contribution in [0.2, 0.25) is 0 Å². The van der Waals surface area contributed by atoms with Crippen LogP contribution in [-0.2, 0) is 6.42 Å². The summed E-state index contributed by atoms with van der Waals surface area (Å²) in [5.41, 5.74) is 1.25. The molecule has 0 N–H and O–H groups in total. The van der Waals surface area contributed by atoms with Crippen LogP contribution in [0.3, 0.4) is 0 Å². The van der Waals surface area contributed by atoms with E-state index in [0.29, 0.717) is 6.61 Å². The topological polar surface area (TPSA) is 9.23 Å². The minimum absolute atomic E-state index is 0.324. The SMILES string of the molecule is C#CCOc1cccc(CCC=C)c1. The fourth-order valence-electron chi connectivity index (χ4n) is 1.18. The van der Waals surface area contributed by atoms with Gasteiger partial charge in [0.25, 0.3) is 0 Å². The molecule has 0 aliphatic heterocycles. The molecule has 1 heteroatoms. The molecule has 1 aromatic carbocycles. The summed E-state index contributed by atoms with van der Waals surface area (Å²) in [5, 5.41) is 0. The predicted molar refractivity (Wildman–Crippen MR) is 59.3 cm³/mol. The van der Waals surface area contributed by atoms with Gasteiger partial charge in [0.2, 0.25) is 0 Å². The third-order valence-corrected chi connectivity index (χ3v) is 1.86. The summed E-state index contributed by atoms with van der Waals surface area (Å²) in [6.45, 7) is 4.01. The predicted octanol–water partition coefficient (Wildman–Crippen LogP) is 2.82.